The number of amides is 4. The number of ether oxygens (including phenoxy) is 4. The van der Waals surface area contributed by atoms with Crippen LogP contribution < -0.4 is 10.6 Å². The molecule has 5 aliphatic rings. The summed E-state index contributed by atoms with van der Waals surface area (Å²) in [5, 5.41) is 17.1. The summed E-state index contributed by atoms with van der Waals surface area (Å²) in [7, 11) is 0. The van der Waals surface area contributed by atoms with E-state index in [4.69, 9.17) is 18.9 Å². The minimum atomic E-state index is -0.831. The van der Waals surface area contributed by atoms with Gasteiger partial charge in [-0.15, -0.1) is 0 Å². The monoisotopic (exact) mass is 871 g/mol. The third kappa shape index (κ3) is 14.6. The average Bonchev–Trinajstić information content (AvgIpc) is 3.92. The predicted molar refractivity (Wildman–Crippen MR) is 231 cm³/mol. The third-order valence-corrected chi connectivity index (χ3v) is 13.8. The zero-order valence-electron chi connectivity index (χ0n) is 36.9. The van der Waals surface area contributed by atoms with Gasteiger partial charge in [-0.1, -0.05) is 37.1 Å². The summed E-state index contributed by atoms with van der Waals surface area (Å²) < 4.78 is 23.5. The number of unbranched alkanes of at least 4 members (excludes halogenated alkanes) is 2. The summed E-state index contributed by atoms with van der Waals surface area (Å²) in [4.78, 5) is 75.3. The molecule has 3 N–H and O–H groups in total. The van der Waals surface area contributed by atoms with E-state index >= 15 is 0 Å². The molecule has 4 aliphatic heterocycles. The van der Waals surface area contributed by atoms with Crippen molar-refractivity contribution in [1.82, 2.24) is 15.5 Å². The Bertz CT molecular complexity index is 1650. The van der Waals surface area contributed by atoms with E-state index in [-0.39, 0.29) is 89.7 Å². The topological polar surface area (TPSA) is 190 Å². The molecule has 4 heterocycles. The number of likely N-dealkylation sites (tertiary alicyclic amines) is 1. The smallest absolute Gasteiger partial charge is 0.303 e. The standard InChI is InChI=1S/C46H69N3O11S/c1-28(11-18-38-29(2)22-37(31(4)59-38)48-42(53)20-13-30(3)58-32(5)50)12-19-39-44(55)46(27-57-46)26-36(60-39)24-35(51)23-33-14-16-34(17-15-33)47-41(52)10-8-7-9-21-49-43(54)25-40(61-6)45(49)56/h11-13,19-20,29-31,33-34,36-40,44,55H,7-10,14-18,21-27H2,1-6H3,(H,47,52)(H,48,53)/b19-12+,20-13-,28-11+/t29-,30-,31+,33?,34?,36+,37+,38-,39+,40?,44+,46+/m0/s1. The van der Waals surface area contributed by atoms with Crippen LogP contribution in [0.3, 0.4) is 0 Å². The highest BCUT2D eigenvalue weighted by molar-refractivity contribution is 8.00. The van der Waals surface area contributed by atoms with Crippen molar-refractivity contribution in [1.29, 1.82) is 0 Å². The molecule has 0 aromatic carbocycles. The van der Waals surface area contributed by atoms with E-state index < -0.39 is 29.9 Å². The maximum absolute atomic E-state index is 13.3. The molecule has 5 fully saturated rings. The van der Waals surface area contributed by atoms with Crippen molar-refractivity contribution >= 4 is 47.1 Å². The number of carbonyl (C=O) groups excluding carboxylic acids is 6. The first-order valence-electron chi connectivity index (χ1n) is 22.4. The number of esters is 1. The normalized spacial score (nSPS) is 33.6. The van der Waals surface area contributed by atoms with Crippen LogP contribution in [0.15, 0.2) is 36.0 Å². The lowest BCUT2D eigenvalue weighted by molar-refractivity contribution is -0.145. The van der Waals surface area contributed by atoms with Crippen molar-refractivity contribution in [3.05, 3.63) is 36.0 Å². The van der Waals surface area contributed by atoms with Gasteiger partial charge in [0.2, 0.25) is 23.6 Å². The molecular weight excluding hydrogens is 803 g/mol. The molecule has 0 aromatic heterocycles. The molecule has 1 spiro atoms. The number of Topliss-reactive ketones (excluding diaryl/α,β-unsaturated/α-hetero) is 1. The molecule has 4 amide bonds. The lowest BCUT2D eigenvalue weighted by atomic mass is 9.81. The maximum Gasteiger partial charge on any atom is 0.303 e. The Balaban J connectivity index is 0.983. The number of aliphatic hydroxyl groups is 1. The number of nitrogens with zero attached hydrogens (tertiary/aromatic N) is 1. The molecule has 0 bridgehead atoms. The molecule has 14 nitrogen and oxygen atoms in total. The van der Waals surface area contributed by atoms with E-state index in [1.54, 1.807) is 13.0 Å². The second-order valence-corrected chi connectivity index (χ2v) is 19.0. The third-order valence-electron chi connectivity index (χ3n) is 12.9. The van der Waals surface area contributed by atoms with Crippen molar-refractivity contribution in [2.45, 2.75) is 184 Å². The highest BCUT2D eigenvalue weighted by atomic mass is 32.2. The second kappa shape index (κ2) is 22.8. The minimum Gasteiger partial charge on any atom is -0.459 e. The summed E-state index contributed by atoms with van der Waals surface area (Å²) in [6.45, 7) is 9.95. The molecule has 4 saturated heterocycles. The number of hydrogen-bond acceptors (Lipinski definition) is 12. The average molecular weight is 872 g/mol. The van der Waals surface area contributed by atoms with E-state index in [1.165, 1.54) is 29.7 Å². The number of nitrogens with one attached hydrogen (secondary N) is 2. The zero-order valence-corrected chi connectivity index (χ0v) is 37.8. The SMILES string of the molecule is CSC1CC(=O)N(CCCCCC(=O)NC2CCC(CC(=O)C[C@@H]3C[C@@]4(CO4)[C@H](O)[C@@H](/C=C/C(C)=C/C[C@@H]4O[C@H](C)[C@H](NC(=O)/C=C\[C@H](C)OC(C)=O)C[C@@H]4C)O3)CC2)C1=O. The second-order valence-electron chi connectivity index (χ2n) is 18.0. The fourth-order valence-electron chi connectivity index (χ4n) is 9.16. The Hall–Kier alpha value is -3.37. The van der Waals surface area contributed by atoms with Crippen molar-refractivity contribution in [2.24, 2.45) is 11.8 Å². The van der Waals surface area contributed by atoms with Gasteiger partial charge in [0.15, 0.2) is 0 Å². The number of ketones is 1. The maximum atomic E-state index is 13.3. The molecule has 15 heteroatoms. The highest BCUT2D eigenvalue weighted by Gasteiger charge is 2.58. The number of thioether (sulfide) groups is 1. The van der Waals surface area contributed by atoms with Crippen LogP contribution in [0.2, 0.25) is 0 Å². The van der Waals surface area contributed by atoms with Gasteiger partial charge in [-0.25, -0.2) is 0 Å². The molecule has 0 aromatic rings. The van der Waals surface area contributed by atoms with Gasteiger partial charge >= 0.3 is 5.97 Å². The molecule has 1 saturated carbocycles. The number of epoxide rings is 1. The van der Waals surface area contributed by atoms with E-state index in [9.17, 15) is 33.9 Å². The quantitative estimate of drug-likeness (QED) is 0.0370. The Morgan fingerprint density at radius 2 is 1.75 bits per heavy atom. The Kier molecular flexibility index (Phi) is 18.2. The van der Waals surface area contributed by atoms with Crippen LogP contribution in [0.5, 0.6) is 0 Å². The Morgan fingerprint density at radius 3 is 2.43 bits per heavy atom. The molecule has 1 unspecified atom stereocenters. The predicted octanol–water partition coefficient (Wildman–Crippen LogP) is 5.05. The van der Waals surface area contributed by atoms with Gasteiger partial charge in [0.25, 0.3) is 0 Å². The fourth-order valence-corrected chi connectivity index (χ4v) is 9.80. The fraction of sp³-hybridized carbons (Fsp3) is 0.739. The van der Waals surface area contributed by atoms with E-state index in [2.05, 4.69) is 23.6 Å². The van der Waals surface area contributed by atoms with Crippen LogP contribution in [-0.4, -0.2) is 124 Å². The number of rotatable bonds is 20. The first kappa shape index (κ1) is 48.7. The van der Waals surface area contributed by atoms with E-state index in [1.807, 2.05) is 32.3 Å². The van der Waals surface area contributed by atoms with Gasteiger partial charge in [0.05, 0.1) is 36.2 Å². The van der Waals surface area contributed by atoms with Gasteiger partial charge in [0, 0.05) is 57.7 Å². The highest BCUT2D eigenvalue weighted by Crippen LogP contribution is 2.44. The van der Waals surface area contributed by atoms with Gasteiger partial charge < -0.3 is 34.7 Å². The molecular formula is C46H69N3O11S. The van der Waals surface area contributed by atoms with Crippen molar-refractivity contribution in [2.75, 3.05) is 19.4 Å². The first-order valence-corrected chi connectivity index (χ1v) is 23.7. The zero-order chi connectivity index (χ0) is 44.3. The van der Waals surface area contributed by atoms with Crippen molar-refractivity contribution in [3.63, 3.8) is 0 Å². The number of imide groups is 1. The van der Waals surface area contributed by atoms with Crippen LogP contribution in [-0.2, 0) is 47.7 Å². The summed E-state index contributed by atoms with van der Waals surface area (Å²) in [6, 6.07) is -0.0401. The van der Waals surface area contributed by atoms with Crippen LogP contribution >= 0.6 is 11.8 Å². The number of hydrogen-bond donors (Lipinski definition) is 3. The van der Waals surface area contributed by atoms with Crippen molar-refractivity contribution < 1.29 is 52.8 Å². The molecule has 10 atom stereocenters. The minimum absolute atomic E-state index is 0.0253. The number of carbonyl (C=O) groups is 6. The van der Waals surface area contributed by atoms with Crippen LogP contribution in [0, 0.1) is 11.8 Å². The molecule has 0 radical (unpaired) electrons. The lowest BCUT2D eigenvalue weighted by Crippen LogP contribution is -2.50. The van der Waals surface area contributed by atoms with Gasteiger partial charge in [-0.05, 0) is 96.3 Å². The summed E-state index contributed by atoms with van der Waals surface area (Å²) in [6.07, 6.45) is 17.2. The van der Waals surface area contributed by atoms with Crippen molar-refractivity contribution in [3.8, 4) is 0 Å². The van der Waals surface area contributed by atoms with E-state index in [0.29, 0.717) is 51.7 Å². The molecule has 5 rings (SSSR count). The largest absolute Gasteiger partial charge is 0.459 e. The Morgan fingerprint density at radius 1 is 1.02 bits per heavy atom. The van der Waals surface area contributed by atoms with Gasteiger partial charge in [-0.3, -0.25) is 33.7 Å². The van der Waals surface area contributed by atoms with Gasteiger partial charge in [0.1, 0.15) is 29.7 Å². The summed E-state index contributed by atoms with van der Waals surface area (Å²) in [5.41, 5.74) is 0.312. The Labute approximate surface area is 365 Å². The summed E-state index contributed by atoms with van der Waals surface area (Å²) >= 11 is 1.42. The first-order chi connectivity index (χ1) is 29.0. The number of aliphatic hydroxyl groups excluding tert-OH is 1. The molecule has 1 aliphatic carbocycles. The lowest BCUT2D eigenvalue weighted by Gasteiger charge is -2.39. The molecule has 340 valence electrons. The summed E-state index contributed by atoms with van der Waals surface area (Å²) in [5.74, 6) is -0.232. The molecule has 61 heavy (non-hydrogen) atoms. The van der Waals surface area contributed by atoms with Crippen LogP contribution in [0.25, 0.3) is 0 Å². The van der Waals surface area contributed by atoms with Crippen LogP contribution in [0.4, 0.5) is 0 Å². The number of allylic oxidation sites excluding steroid dienone is 2. The van der Waals surface area contributed by atoms with Gasteiger partial charge in [-0.2, -0.15) is 11.8 Å². The van der Waals surface area contributed by atoms with E-state index in [0.717, 1.165) is 44.1 Å². The van der Waals surface area contributed by atoms with Crippen LogP contribution in [0.1, 0.15) is 125 Å².